The van der Waals surface area contributed by atoms with Crippen molar-refractivity contribution in [1.29, 1.82) is 0 Å². The second-order valence-corrected chi connectivity index (χ2v) is 5.65. The van der Waals surface area contributed by atoms with Gasteiger partial charge in [-0.3, -0.25) is 9.59 Å². The zero-order valence-corrected chi connectivity index (χ0v) is 12.2. The summed E-state index contributed by atoms with van der Waals surface area (Å²) < 4.78 is 4.93. The van der Waals surface area contributed by atoms with Crippen LogP contribution in [-0.2, 0) is 16.0 Å². The van der Waals surface area contributed by atoms with Crippen LogP contribution in [0.15, 0.2) is 4.52 Å². The molecule has 7 nitrogen and oxygen atoms in total. The van der Waals surface area contributed by atoms with Crippen molar-refractivity contribution in [3.05, 3.63) is 11.7 Å². The second-order valence-electron chi connectivity index (χ2n) is 5.65. The molecule has 2 aliphatic rings. The van der Waals surface area contributed by atoms with E-state index in [1.54, 1.807) is 16.7 Å². The Labute approximate surface area is 123 Å². The molecule has 0 spiro atoms. The van der Waals surface area contributed by atoms with Crippen molar-refractivity contribution in [3.8, 4) is 0 Å². The molecule has 0 aliphatic carbocycles. The van der Waals surface area contributed by atoms with Crippen LogP contribution in [0.25, 0.3) is 0 Å². The van der Waals surface area contributed by atoms with Gasteiger partial charge in [-0.05, 0) is 19.3 Å². The summed E-state index contributed by atoms with van der Waals surface area (Å²) in [5, 5.41) is 3.84. The zero-order valence-electron chi connectivity index (χ0n) is 12.2. The average molecular weight is 292 g/mol. The second kappa shape index (κ2) is 5.83. The van der Waals surface area contributed by atoms with E-state index in [9.17, 15) is 9.59 Å². The number of hydrogen-bond acceptors (Lipinski definition) is 5. The number of carbonyl (C=O) groups excluding carboxylic acids is 2. The first-order valence-corrected chi connectivity index (χ1v) is 7.52. The summed E-state index contributed by atoms with van der Waals surface area (Å²) in [7, 11) is 0. The lowest BCUT2D eigenvalue weighted by Crippen LogP contribution is -2.50. The number of amides is 2. The maximum Gasteiger partial charge on any atom is 0.245 e. The van der Waals surface area contributed by atoms with Gasteiger partial charge in [0.15, 0.2) is 5.82 Å². The Morgan fingerprint density at radius 1 is 1.29 bits per heavy atom. The normalized spacial score (nSPS) is 23.2. The first-order chi connectivity index (χ1) is 10.1. The zero-order chi connectivity index (χ0) is 14.8. The maximum absolute atomic E-state index is 12.6. The molecule has 2 amide bonds. The molecule has 114 valence electrons. The summed E-state index contributed by atoms with van der Waals surface area (Å²) >= 11 is 0. The number of carbonyl (C=O) groups is 2. The van der Waals surface area contributed by atoms with E-state index >= 15 is 0 Å². The highest BCUT2D eigenvalue weighted by Crippen LogP contribution is 2.22. The van der Waals surface area contributed by atoms with Crippen molar-refractivity contribution in [2.45, 2.75) is 45.1 Å². The molecule has 1 atom stereocenters. The van der Waals surface area contributed by atoms with Gasteiger partial charge in [0.1, 0.15) is 6.04 Å². The van der Waals surface area contributed by atoms with Crippen LogP contribution in [0.3, 0.4) is 0 Å². The van der Waals surface area contributed by atoms with Crippen LogP contribution in [-0.4, -0.2) is 57.4 Å². The van der Waals surface area contributed by atoms with Gasteiger partial charge in [0.2, 0.25) is 17.7 Å². The number of fused-ring (bicyclic) bond motifs is 1. The van der Waals surface area contributed by atoms with E-state index < -0.39 is 0 Å². The van der Waals surface area contributed by atoms with Crippen LogP contribution in [0.1, 0.15) is 37.4 Å². The van der Waals surface area contributed by atoms with Crippen molar-refractivity contribution < 1.29 is 14.1 Å². The van der Waals surface area contributed by atoms with Crippen molar-refractivity contribution in [2.24, 2.45) is 0 Å². The van der Waals surface area contributed by atoms with Gasteiger partial charge >= 0.3 is 0 Å². The molecule has 1 aromatic heterocycles. The molecule has 0 N–H and O–H groups in total. The molecule has 2 saturated heterocycles. The molecule has 0 radical (unpaired) electrons. The minimum atomic E-state index is -0.263. The van der Waals surface area contributed by atoms with Gasteiger partial charge in [0.25, 0.3) is 0 Å². The van der Waals surface area contributed by atoms with Gasteiger partial charge < -0.3 is 14.3 Å². The van der Waals surface area contributed by atoms with Crippen molar-refractivity contribution in [2.75, 3.05) is 19.6 Å². The van der Waals surface area contributed by atoms with E-state index in [1.807, 2.05) is 0 Å². The molecule has 1 unspecified atom stereocenters. The quantitative estimate of drug-likeness (QED) is 0.812. The molecule has 3 heterocycles. The van der Waals surface area contributed by atoms with Crippen LogP contribution in [0.5, 0.6) is 0 Å². The topological polar surface area (TPSA) is 79.5 Å². The first-order valence-electron chi connectivity index (χ1n) is 7.52. The van der Waals surface area contributed by atoms with Gasteiger partial charge in [-0.1, -0.05) is 5.16 Å². The summed E-state index contributed by atoms with van der Waals surface area (Å²) in [6.07, 6.45) is 3.76. The monoisotopic (exact) mass is 292 g/mol. The molecule has 3 rings (SSSR count). The highest BCUT2D eigenvalue weighted by molar-refractivity contribution is 5.90. The molecule has 7 heteroatoms. The molecule has 1 aromatic rings. The molecule has 2 fully saturated rings. The van der Waals surface area contributed by atoms with Crippen LogP contribution < -0.4 is 0 Å². The summed E-state index contributed by atoms with van der Waals surface area (Å²) in [6.45, 7) is 3.48. The number of aromatic nitrogens is 2. The van der Waals surface area contributed by atoms with Crippen LogP contribution in [0, 0.1) is 6.92 Å². The Kier molecular flexibility index (Phi) is 3.90. The Morgan fingerprint density at radius 2 is 2.14 bits per heavy atom. The summed E-state index contributed by atoms with van der Waals surface area (Å²) in [5.41, 5.74) is 0. The first kappa shape index (κ1) is 14.0. The summed E-state index contributed by atoms with van der Waals surface area (Å²) in [5.74, 6) is 1.31. The number of piperidine rings is 1. The molecule has 21 heavy (non-hydrogen) atoms. The van der Waals surface area contributed by atoms with E-state index in [2.05, 4.69) is 10.1 Å². The molecule has 0 bridgehead atoms. The Morgan fingerprint density at radius 3 is 2.90 bits per heavy atom. The molecule has 0 saturated carbocycles. The number of rotatable bonds is 3. The van der Waals surface area contributed by atoms with Crippen LogP contribution >= 0.6 is 0 Å². The highest BCUT2D eigenvalue weighted by atomic mass is 16.5. The van der Waals surface area contributed by atoms with E-state index in [0.29, 0.717) is 44.2 Å². The Hall–Kier alpha value is -1.92. The average Bonchev–Trinajstić information content (AvgIpc) is 2.87. The third kappa shape index (κ3) is 2.91. The van der Waals surface area contributed by atoms with E-state index in [-0.39, 0.29) is 17.9 Å². The van der Waals surface area contributed by atoms with Crippen LogP contribution in [0.4, 0.5) is 0 Å². The largest absolute Gasteiger partial charge is 0.340 e. The third-order valence-corrected chi connectivity index (χ3v) is 4.19. The minimum absolute atomic E-state index is 0.0702. The number of aryl methyl sites for hydroxylation is 1. The van der Waals surface area contributed by atoms with E-state index in [0.717, 1.165) is 19.3 Å². The predicted molar refractivity (Wildman–Crippen MR) is 73.3 cm³/mol. The minimum Gasteiger partial charge on any atom is -0.340 e. The van der Waals surface area contributed by atoms with E-state index in [1.165, 1.54) is 0 Å². The number of hydrogen-bond donors (Lipinski definition) is 0. The fourth-order valence-electron chi connectivity index (χ4n) is 3.08. The third-order valence-electron chi connectivity index (χ3n) is 4.19. The van der Waals surface area contributed by atoms with Crippen molar-refractivity contribution in [3.63, 3.8) is 0 Å². The summed E-state index contributed by atoms with van der Waals surface area (Å²) in [4.78, 5) is 32.4. The Balaban J connectivity index is 1.67. The van der Waals surface area contributed by atoms with Gasteiger partial charge in [-0.15, -0.1) is 0 Å². The maximum atomic E-state index is 12.6. The number of nitrogens with zero attached hydrogens (tertiary/aromatic N) is 4. The standard InChI is InChI=1S/C14H20N4O3/c1-10-15-12(16-21-10)5-8-17-9-6-13(19)18-7-3-2-4-11(18)14(17)20/h11H,2-9H2,1H3. The van der Waals surface area contributed by atoms with Crippen LogP contribution in [0.2, 0.25) is 0 Å². The molecular formula is C14H20N4O3. The molecule has 2 aliphatic heterocycles. The lowest BCUT2D eigenvalue weighted by Gasteiger charge is -2.34. The fraction of sp³-hybridized carbons (Fsp3) is 0.714. The lowest BCUT2D eigenvalue weighted by molar-refractivity contribution is -0.143. The van der Waals surface area contributed by atoms with Crippen molar-refractivity contribution >= 4 is 11.8 Å². The van der Waals surface area contributed by atoms with Gasteiger partial charge in [-0.25, -0.2) is 0 Å². The SMILES string of the molecule is Cc1nc(CCN2CCC(=O)N3CCCCC3C2=O)no1. The smallest absolute Gasteiger partial charge is 0.245 e. The van der Waals surface area contributed by atoms with E-state index in [4.69, 9.17) is 4.52 Å². The molecular weight excluding hydrogens is 272 g/mol. The van der Waals surface area contributed by atoms with Gasteiger partial charge in [0, 0.05) is 39.4 Å². The predicted octanol–water partition coefficient (Wildman–Crippen LogP) is 0.534. The highest BCUT2D eigenvalue weighted by Gasteiger charge is 2.37. The van der Waals surface area contributed by atoms with Gasteiger partial charge in [0.05, 0.1) is 0 Å². The Bertz CT molecular complexity index is 542. The van der Waals surface area contributed by atoms with Gasteiger partial charge in [-0.2, -0.15) is 4.98 Å². The lowest BCUT2D eigenvalue weighted by atomic mass is 10.0. The van der Waals surface area contributed by atoms with Crippen molar-refractivity contribution in [1.82, 2.24) is 19.9 Å². The fourth-order valence-corrected chi connectivity index (χ4v) is 3.08. The molecule has 0 aromatic carbocycles. The summed E-state index contributed by atoms with van der Waals surface area (Å²) in [6, 6.07) is -0.263.